The Morgan fingerprint density at radius 2 is 1.65 bits per heavy atom. The summed E-state index contributed by atoms with van der Waals surface area (Å²) in [5.74, 6) is 0.958. The van der Waals surface area contributed by atoms with Gasteiger partial charge in [0, 0.05) is 16.3 Å². The molecular weight excluding hydrogens is 255 g/mol. The number of halogens is 2. The minimum Gasteiger partial charge on any atom is -0.233 e. The first-order valence-electron chi connectivity index (χ1n) is 5.36. The molecule has 0 aliphatic rings. The molecule has 0 fully saturated rings. The molecule has 0 unspecified atom stereocenters. The van der Waals surface area contributed by atoms with Gasteiger partial charge >= 0.3 is 0 Å². The Morgan fingerprint density at radius 1 is 1.00 bits per heavy atom. The summed E-state index contributed by atoms with van der Waals surface area (Å²) in [5.41, 5.74) is 1.86. The Hall–Kier alpha value is -1.12. The van der Waals surface area contributed by atoms with Crippen molar-refractivity contribution < 1.29 is 0 Å². The maximum absolute atomic E-state index is 6.00. The molecule has 0 aliphatic carbocycles. The van der Waals surface area contributed by atoms with Crippen LogP contribution >= 0.6 is 23.2 Å². The van der Waals surface area contributed by atoms with Crippen LogP contribution in [0.2, 0.25) is 10.2 Å². The lowest BCUT2D eigenvalue weighted by atomic mass is 10.1. The lowest BCUT2D eigenvalue weighted by Crippen LogP contribution is -1.97. The molecule has 0 aliphatic heterocycles. The van der Waals surface area contributed by atoms with E-state index in [4.69, 9.17) is 23.2 Å². The van der Waals surface area contributed by atoms with E-state index in [1.807, 2.05) is 24.3 Å². The van der Waals surface area contributed by atoms with Gasteiger partial charge in [0.25, 0.3) is 0 Å². The minimum absolute atomic E-state index is 0.321. The van der Waals surface area contributed by atoms with Gasteiger partial charge in [-0.2, -0.15) is 0 Å². The van der Waals surface area contributed by atoms with E-state index in [0.29, 0.717) is 21.9 Å². The highest BCUT2D eigenvalue weighted by atomic mass is 35.5. The zero-order valence-corrected chi connectivity index (χ0v) is 11.1. The molecule has 1 heterocycles. The molecule has 0 atom stereocenters. The largest absolute Gasteiger partial charge is 0.233 e. The molecule has 2 rings (SSSR count). The van der Waals surface area contributed by atoms with Crippen LogP contribution in [0.25, 0.3) is 11.4 Å². The summed E-state index contributed by atoms with van der Waals surface area (Å²) >= 11 is 11.8. The second-order valence-electron chi connectivity index (χ2n) is 4.10. The second kappa shape index (κ2) is 5.03. The first-order valence-corrected chi connectivity index (χ1v) is 6.12. The van der Waals surface area contributed by atoms with Crippen molar-refractivity contribution >= 4 is 23.2 Å². The molecule has 0 saturated heterocycles. The Balaban J connectivity index is 2.48. The van der Waals surface area contributed by atoms with Crippen molar-refractivity contribution in [2.75, 3.05) is 0 Å². The lowest BCUT2D eigenvalue weighted by molar-refractivity contribution is 0.817. The molecule has 0 bridgehead atoms. The predicted octanol–water partition coefficient (Wildman–Crippen LogP) is 4.57. The molecule has 0 spiro atoms. The number of rotatable bonds is 2. The Bertz CT molecular complexity index is 521. The van der Waals surface area contributed by atoms with Gasteiger partial charge in [-0.15, -0.1) is 0 Å². The first kappa shape index (κ1) is 12.3. The fourth-order valence-electron chi connectivity index (χ4n) is 1.46. The van der Waals surface area contributed by atoms with E-state index in [-0.39, 0.29) is 0 Å². The molecule has 0 N–H and O–H groups in total. The van der Waals surface area contributed by atoms with E-state index >= 15 is 0 Å². The lowest BCUT2D eigenvalue weighted by Gasteiger charge is -2.07. The van der Waals surface area contributed by atoms with Gasteiger partial charge in [0.1, 0.15) is 5.15 Å². The van der Waals surface area contributed by atoms with E-state index in [1.165, 1.54) is 0 Å². The number of aromatic nitrogens is 2. The monoisotopic (exact) mass is 266 g/mol. The third kappa shape index (κ3) is 2.96. The Kier molecular flexibility index (Phi) is 3.65. The zero-order chi connectivity index (χ0) is 12.4. The Morgan fingerprint density at radius 3 is 2.24 bits per heavy atom. The summed E-state index contributed by atoms with van der Waals surface area (Å²) in [6, 6.07) is 9.20. The normalized spacial score (nSPS) is 10.9. The van der Waals surface area contributed by atoms with Crippen LogP contribution in [0, 0.1) is 0 Å². The number of nitrogens with zero attached hydrogens (tertiary/aromatic N) is 2. The van der Waals surface area contributed by atoms with Crippen LogP contribution < -0.4 is 0 Å². The van der Waals surface area contributed by atoms with Gasteiger partial charge in [-0.1, -0.05) is 37.0 Å². The summed E-state index contributed by atoms with van der Waals surface area (Å²) < 4.78 is 0. The fourth-order valence-corrected chi connectivity index (χ4v) is 1.78. The average molecular weight is 267 g/mol. The topological polar surface area (TPSA) is 25.8 Å². The van der Waals surface area contributed by atoms with E-state index in [9.17, 15) is 0 Å². The van der Waals surface area contributed by atoms with Crippen LogP contribution in [-0.4, -0.2) is 9.97 Å². The van der Waals surface area contributed by atoms with Crippen molar-refractivity contribution in [3.63, 3.8) is 0 Å². The maximum atomic E-state index is 6.00. The van der Waals surface area contributed by atoms with Crippen LogP contribution in [0.4, 0.5) is 0 Å². The molecule has 0 saturated carbocycles. The molecule has 2 nitrogen and oxygen atoms in total. The quantitative estimate of drug-likeness (QED) is 0.744. The third-order valence-corrected chi connectivity index (χ3v) is 2.85. The minimum atomic E-state index is 0.321. The Labute approximate surface area is 111 Å². The van der Waals surface area contributed by atoms with Gasteiger partial charge < -0.3 is 0 Å². The summed E-state index contributed by atoms with van der Waals surface area (Å²) in [5, 5.41) is 1.16. The average Bonchev–Trinajstić information content (AvgIpc) is 2.29. The van der Waals surface area contributed by atoms with Gasteiger partial charge in [0.05, 0.1) is 0 Å². The SMILES string of the molecule is CC(C)c1cc(Cl)nc(-c2ccc(Cl)cc2)n1. The van der Waals surface area contributed by atoms with Crippen LogP contribution in [0.1, 0.15) is 25.5 Å². The number of benzene rings is 1. The van der Waals surface area contributed by atoms with Crippen LogP contribution in [0.15, 0.2) is 30.3 Å². The fraction of sp³-hybridized carbons (Fsp3) is 0.231. The summed E-state index contributed by atoms with van der Waals surface area (Å²) in [6.07, 6.45) is 0. The van der Waals surface area contributed by atoms with Gasteiger partial charge in [-0.3, -0.25) is 0 Å². The van der Waals surface area contributed by atoms with Crippen molar-refractivity contribution in [3.05, 3.63) is 46.2 Å². The molecule has 0 radical (unpaired) electrons. The van der Waals surface area contributed by atoms with E-state index in [0.717, 1.165) is 11.3 Å². The predicted molar refractivity (Wildman–Crippen MR) is 71.6 cm³/mol. The summed E-state index contributed by atoms with van der Waals surface area (Å²) in [4.78, 5) is 8.72. The summed E-state index contributed by atoms with van der Waals surface area (Å²) in [7, 11) is 0. The van der Waals surface area contributed by atoms with E-state index < -0.39 is 0 Å². The van der Waals surface area contributed by atoms with Crippen molar-refractivity contribution in [1.29, 1.82) is 0 Å². The molecule has 0 amide bonds. The van der Waals surface area contributed by atoms with Crippen LogP contribution in [0.3, 0.4) is 0 Å². The zero-order valence-electron chi connectivity index (χ0n) is 9.61. The highest BCUT2D eigenvalue weighted by Crippen LogP contribution is 2.22. The number of hydrogen-bond donors (Lipinski definition) is 0. The second-order valence-corrected chi connectivity index (χ2v) is 4.92. The van der Waals surface area contributed by atoms with Crippen molar-refractivity contribution in [2.24, 2.45) is 0 Å². The van der Waals surface area contributed by atoms with Crippen LogP contribution in [0.5, 0.6) is 0 Å². The molecule has 2 aromatic rings. The van der Waals surface area contributed by atoms with Gasteiger partial charge in [0.15, 0.2) is 5.82 Å². The third-order valence-electron chi connectivity index (χ3n) is 2.41. The van der Waals surface area contributed by atoms with Gasteiger partial charge in [-0.05, 0) is 36.2 Å². The smallest absolute Gasteiger partial charge is 0.161 e. The highest BCUT2D eigenvalue weighted by Gasteiger charge is 2.08. The number of hydrogen-bond acceptors (Lipinski definition) is 2. The molecule has 1 aromatic carbocycles. The molecule has 88 valence electrons. The van der Waals surface area contributed by atoms with Crippen LogP contribution in [-0.2, 0) is 0 Å². The van der Waals surface area contributed by atoms with Crippen molar-refractivity contribution in [1.82, 2.24) is 9.97 Å². The summed E-state index contributed by atoms with van der Waals surface area (Å²) in [6.45, 7) is 4.15. The highest BCUT2D eigenvalue weighted by molar-refractivity contribution is 6.30. The molecule has 17 heavy (non-hydrogen) atoms. The molecule has 1 aromatic heterocycles. The molecule has 4 heteroatoms. The first-order chi connectivity index (χ1) is 8.06. The molecular formula is C13H12Cl2N2. The standard InChI is InChI=1S/C13H12Cl2N2/c1-8(2)11-7-12(15)17-13(16-11)9-3-5-10(14)6-4-9/h3-8H,1-2H3. The van der Waals surface area contributed by atoms with Gasteiger partial charge in [-0.25, -0.2) is 9.97 Å². The van der Waals surface area contributed by atoms with E-state index in [2.05, 4.69) is 23.8 Å². The maximum Gasteiger partial charge on any atom is 0.161 e. The van der Waals surface area contributed by atoms with E-state index in [1.54, 1.807) is 6.07 Å². The van der Waals surface area contributed by atoms with Crippen molar-refractivity contribution in [3.8, 4) is 11.4 Å². The van der Waals surface area contributed by atoms with Crippen molar-refractivity contribution in [2.45, 2.75) is 19.8 Å². The van der Waals surface area contributed by atoms with Gasteiger partial charge in [0.2, 0.25) is 0 Å².